The zero-order chi connectivity index (χ0) is 19.6. The van der Waals surface area contributed by atoms with E-state index in [1.54, 1.807) is 55.1 Å². The fraction of sp³-hybridized carbons (Fsp3) is 0.300. The van der Waals surface area contributed by atoms with Gasteiger partial charge in [-0.1, -0.05) is 12.1 Å². The lowest BCUT2D eigenvalue weighted by molar-refractivity contribution is -0.128. The zero-order valence-electron chi connectivity index (χ0n) is 15.7. The standard InChI is InChI=1S/C20H24N2O4S/c1-4-25-17-8-10-18(11-9-17)26-14(2)19(23)21-22-20(24)16-7-5-6-15(12-16)13-27-3/h5-12,14H,4,13H2,1-3H3,(H,21,23)(H,22,24). The lowest BCUT2D eigenvalue weighted by atomic mass is 10.1. The molecule has 0 saturated carbocycles. The van der Waals surface area contributed by atoms with Crippen molar-refractivity contribution >= 4 is 23.6 Å². The molecule has 0 aliphatic rings. The van der Waals surface area contributed by atoms with Crippen molar-refractivity contribution < 1.29 is 19.1 Å². The highest BCUT2D eigenvalue weighted by Crippen LogP contribution is 2.18. The lowest BCUT2D eigenvalue weighted by Gasteiger charge is -2.15. The van der Waals surface area contributed by atoms with Gasteiger partial charge in [-0.25, -0.2) is 0 Å². The number of carbonyl (C=O) groups is 2. The molecule has 0 saturated heterocycles. The van der Waals surface area contributed by atoms with Crippen LogP contribution in [-0.2, 0) is 10.5 Å². The summed E-state index contributed by atoms with van der Waals surface area (Å²) in [6.07, 6.45) is 1.23. The van der Waals surface area contributed by atoms with Gasteiger partial charge in [0.15, 0.2) is 6.10 Å². The molecule has 0 aliphatic heterocycles. The predicted octanol–water partition coefficient (Wildman–Crippen LogP) is 3.18. The van der Waals surface area contributed by atoms with E-state index in [1.165, 1.54) is 0 Å². The number of amides is 2. The van der Waals surface area contributed by atoms with Gasteiger partial charge in [0.2, 0.25) is 0 Å². The van der Waals surface area contributed by atoms with Gasteiger partial charge in [-0.3, -0.25) is 20.4 Å². The number of carbonyl (C=O) groups excluding carboxylic acids is 2. The first-order valence-corrected chi connectivity index (χ1v) is 10.0. The van der Waals surface area contributed by atoms with E-state index in [-0.39, 0.29) is 5.91 Å². The van der Waals surface area contributed by atoms with Gasteiger partial charge < -0.3 is 9.47 Å². The van der Waals surface area contributed by atoms with Gasteiger partial charge in [-0.05, 0) is 62.1 Å². The van der Waals surface area contributed by atoms with Crippen molar-refractivity contribution in [1.29, 1.82) is 0 Å². The first-order chi connectivity index (χ1) is 13.0. The third-order valence-corrected chi connectivity index (χ3v) is 4.24. The van der Waals surface area contributed by atoms with Crippen LogP contribution < -0.4 is 20.3 Å². The minimum atomic E-state index is -0.772. The maximum absolute atomic E-state index is 12.2. The molecular weight excluding hydrogens is 364 g/mol. The van der Waals surface area contributed by atoms with Crippen molar-refractivity contribution in [1.82, 2.24) is 10.9 Å². The summed E-state index contributed by atoms with van der Waals surface area (Å²) < 4.78 is 10.9. The van der Waals surface area contributed by atoms with Crippen LogP contribution in [0.5, 0.6) is 11.5 Å². The van der Waals surface area contributed by atoms with E-state index >= 15 is 0 Å². The molecule has 2 rings (SSSR count). The molecule has 0 bridgehead atoms. The van der Waals surface area contributed by atoms with Crippen LogP contribution in [0.3, 0.4) is 0 Å². The number of nitrogens with one attached hydrogen (secondary N) is 2. The molecule has 2 N–H and O–H groups in total. The monoisotopic (exact) mass is 388 g/mol. The Morgan fingerprint density at radius 3 is 2.44 bits per heavy atom. The summed E-state index contributed by atoms with van der Waals surface area (Å²) >= 11 is 1.68. The minimum absolute atomic E-state index is 0.375. The Kier molecular flexibility index (Phi) is 8.00. The Bertz CT molecular complexity index is 765. The highest BCUT2D eigenvalue weighted by atomic mass is 32.2. The molecule has 27 heavy (non-hydrogen) atoms. The number of rotatable bonds is 8. The topological polar surface area (TPSA) is 76.7 Å². The Balaban J connectivity index is 1.85. The van der Waals surface area contributed by atoms with E-state index in [2.05, 4.69) is 10.9 Å². The molecule has 2 aromatic rings. The van der Waals surface area contributed by atoms with Crippen LogP contribution in [0.1, 0.15) is 29.8 Å². The molecule has 0 radical (unpaired) electrons. The average Bonchev–Trinajstić information content (AvgIpc) is 2.68. The largest absolute Gasteiger partial charge is 0.494 e. The molecule has 2 aromatic carbocycles. The van der Waals surface area contributed by atoms with E-state index in [9.17, 15) is 9.59 Å². The van der Waals surface area contributed by atoms with Crippen molar-refractivity contribution in [3.05, 3.63) is 59.7 Å². The van der Waals surface area contributed by atoms with Crippen LogP contribution >= 0.6 is 11.8 Å². The van der Waals surface area contributed by atoms with Crippen molar-refractivity contribution in [3.8, 4) is 11.5 Å². The number of hydrazine groups is 1. The molecule has 6 nitrogen and oxygen atoms in total. The molecule has 0 aromatic heterocycles. The molecule has 0 heterocycles. The molecule has 2 amide bonds. The van der Waals surface area contributed by atoms with E-state index in [4.69, 9.17) is 9.47 Å². The van der Waals surface area contributed by atoms with Gasteiger partial charge in [-0.2, -0.15) is 11.8 Å². The SMILES string of the molecule is CCOc1ccc(OC(C)C(=O)NNC(=O)c2cccc(CSC)c2)cc1. The number of hydrogen-bond donors (Lipinski definition) is 2. The fourth-order valence-electron chi connectivity index (χ4n) is 2.30. The Morgan fingerprint density at radius 2 is 1.78 bits per heavy atom. The normalized spacial score (nSPS) is 11.4. The van der Waals surface area contributed by atoms with Crippen molar-refractivity contribution in [3.63, 3.8) is 0 Å². The smallest absolute Gasteiger partial charge is 0.279 e. The third kappa shape index (κ3) is 6.53. The second-order valence-corrected chi connectivity index (χ2v) is 6.61. The highest BCUT2D eigenvalue weighted by molar-refractivity contribution is 7.97. The summed E-state index contributed by atoms with van der Waals surface area (Å²) in [6, 6.07) is 14.3. The summed E-state index contributed by atoms with van der Waals surface area (Å²) in [7, 11) is 0. The maximum Gasteiger partial charge on any atom is 0.279 e. The molecular formula is C20H24N2O4S. The van der Waals surface area contributed by atoms with Crippen LogP contribution in [-0.4, -0.2) is 30.8 Å². The van der Waals surface area contributed by atoms with Crippen molar-refractivity contribution in [2.45, 2.75) is 25.7 Å². The molecule has 144 valence electrons. The number of thioether (sulfide) groups is 1. The van der Waals surface area contributed by atoms with Gasteiger partial charge >= 0.3 is 0 Å². The Morgan fingerprint density at radius 1 is 1.07 bits per heavy atom. The predicted molar refractivity (Wildman–Crippen MR) is 107 cm³/mol. The van der Waals surface area contributed by atoms with Crippen LogP contribution in [0, 0.1) is 0 Å². The second-order valence-electron chi connectivity index (χ2n) is 5.74. The number of benzene rings is 2. The van der Waals surface area contributed by atoms with Gasteiger partial charge in [0.25, 0.3) is 11.8 Å². The highest BCUT2D eigenvalue weighted by Gasteiger charge is 2.16. The molecule has 0 spiro atoms. The number of hydrogen-bond acceptors (Lipinski definition) is 5. The van der Waals surface area contributed by atoms with E-state index < -0.39 is 12.0 Å². The van der Waals surface area contributed by atoms with Gasteiger partial charge in [0.05, 0.1) is 6.61 Å². The van der Waals surface area contributed by atoms with E-state index in [1.807, 2.05) is 25.3 Å². The minimum Gasteiger partial charge on any atom is -0.494 e. The molecule has 1 unspecified atom stereocenters. The quantitative estimate of drug-likeness (QED) is 0.679. The van der Waals surface area contributed by atoms with Crippen molar-refractivity contribution in [2.24, 2.45) is 0 Å². The van der Waals surface area contributed by atoms with Gasteiger partial charge in [0.1, 0.15) is 11.5 Å². The fourth-order valence-corrected chi connectivity index (χ4v) is 2.81. The molecule has 0 aliphatic carbocycles. The summed E-state index contributed by atoms with van der Waals surface area (Å²) in [4.78, 5) is 24.3. The van der Waals surface area contributed by atoms with Gasteiger partial charge in [-0.15, -0.1) is 0 Å². The summed E-state index contributed by atoms with van der Waals surface area (Å²) in [5, 5.41) is 0. The van der Waals surface area contributed by atoms with Crippen LogP contribution in [0.4, 0.5) is 0 Å². The maximum atomic E-state index is 12.2. The third-order valence-electron chi connectivity index (χ3n) is 3.62. The zero-order valence-corrected chi connectivity index (χ0v) is 16.5. The summed E-state index contributed by atoms with van der Waals surface area (Å²) in [5.41, 5.74) is 6.34. The first-order valence-electron chi connectivity index (χ1n) is 8.61. The first kappa shape index (κ1) is 20.6. The lowest BCUT2D eigenvalue weighted by Crippen LogP contribution is -2.47. The van der Waals surface area contributed by atoms with E-state index in [0.29, 0.717) is 17.9 Å². The number of ether oxygens (including phenoxy) is 2. The van der Waals surface area contributed by atoms with Gasteiger partial charge in [0, 0.05) is 11.3 Å². The molecule has 0 fully saturated rings. The molecule has 1 atom stereocenters. The van der Waals surface area contributed by atoms with Crippen LogP contribution in [0.15, 0.2) is 48.5 Å². The second kappa shape index (κ2) is 10.5. The summed E-state index contributed by atoms with van der Waals surface area (Å²) in [6.45, 7) is 4.10. The molecule has 7 heteroatoms. The average molecular weight is 388 g/mol. The van der Waals surface area contributed by atoms with Crippen LogP contribution in [0.2, 0.25) is 0 Å². The Labute approximate surface area is 163 Å². The van der Waals surface area contributed by atoms with Crippen LogP contribution in [0.25, 0.3) is 0 Å². The van der Waals surface area contributed by atoms with Crippen molar-refractivity contribution in [2.75, 3.05) is 12.9 Å². The summed E-state index contributed by atoms with van der Waals surface area (Å²) in [5.74, 6) is 1.27. The van der Waals surface area contributed by atoms with E-state index in [0.717, 1.165) is 17.1 Å². The Hall–Kier alpha value is -2.67.